The van der Waals surface area contributed by atoms with Crippen LogP contribution in [0, 0.1) is 5.82 Å². The van der Waals surface area contributed by atoms with Crippen LogP contribution in [0.4, 0.5) is 10.1 Å². The van der Waals surface area contributed by atoms with Crippen molar-refractivity contribution in [1.29, 1.82) is 0 Å². The zero-order valence-electron chi connectivity index (χ0n) is 10.6. The van der Waals surface area contributed by atoms with Gasteiger partial charge in [-0.05, 0) is 31.0 Å². The van der Waals surface area contributed by atoms with Gasteiger partial charge in [0.1, 0.15) is 12.1 Å². The summed E-state index contributed by atoms with van der Waals surface area (Å²) in [7, 11) is 0. The Morgan fingerprint density at radius 2 is 2.35 bits per heavy atom. The molecule has 7 heteroatoms. The second kappa shape index (κ2) is 5.62. The van der Waals surface area contributed by atoms with Crippen LogP contribution in [0.3, 0.4) is 0 Å². The van der Waals surface area contributed by atoms with Crippen molar-refractivity contribution in [2.75, 3.05) is 11.1 Å². The Hall–Kier alpha value is -1.89. The number of hydrogen-bond donors (Lipinski definition) is 1. The summed E-state index contributed by atoms with van der Waals surface area (Å²) in [6, 6.07) is 6.32. The predicted molar refractivity (Wildman–Crippen MR) is 74.0 cm³/mol. The number of nitrogens with one attached hydrogen (secondary N) is 1. The number of halogens is 1. The van der Waals surface area contributed by atoms with E-state index in [0.29, 0.717) is 11.7 Å². The van der Waals surface area contributed by atoms with Crippen molar-refractivity contribution >= 4 is 23.4 Å². The molecule has 0 saturated heterocycles. The van der Waals surface area contributed by atoms with E-state index in [0.717, 1.165) is 18.0 Å². The fraction of sp³-hybridized carbons (Fsp3) is 0.308. The van der Waals surface area contributed by atoms with Gasteiger partial charge in [0.25, 0.3) is 0 Å². The number of aromatic nitrogens is 3. The van der Waals surface area contributed by atoms with E-state index in [2.05, 4.69) is 15.5 Å². The van der Waals surface area contributed by atoms with E-state index in [1.165, 1.54) is 23.9 Å². The summed E-state index contributed by atoms with van der Waals surface area (Å²) in [5, 5.41) is 11.3. The Morgan fingerprint density at radius 3 is 3.10 bits per heavy atom. The molecule has 0 aliphatic heterocycles. The average molecular weight is 292 g/mol. The summed E-state index contributed by atoms with van der Waals surface area (Å²) < 4.78 is 15.0. The summed E-state index contributed by atoms with van der Waals surface area (Å²) in [5.41, 5.74) is 0.458. The van der Waals surface area contributed by atoms with Crippen molar-refractivity contribution in [3.8, 4) is 0 Å². The van der Waals surface area contributed by atoms with E-state index in [9.17, 15) is 9.18 Å². The van der Waals surface area contributed by atoms with E-state index >= 15 is 0 Å². The minimum atomic E-state index is -0.371. The van der Waals surface area contributed by atoms with Gasteiger partial charge in [-0.25, -0.2) is 4.39 Å². The van der Waals surface area contributed by atoms with Crippen LogP contribution in [0.15, 0.2) is 35.7 Å². The average Bonchev–Trinajstić information content (AvgIpc) is 3.15. The SMILES string of the molecule is O=C(CSc1nncn1C1CC1)Nc1cccc(F)c1. The number of rotatable bonds is 5. The molecule has 3 rings (SSSR count). The normalized spacial score (nSPS) is 14.2. The Bertz CT molecular complexity index is 626. The van der Waals surface area contributed by atoms with Crippen LogP contribution in [0.2, 0.25) is 0 Å². The van der Waals surface area contributed by atoms with Crippen LogP contribution < -0.4 is 5.32 Å². The summed E-state index contributed by atoms with van der Waals surface area (Å²) in [6.07, 6.45) is 3.98. The lowest BCUT2D eigenvalue weighted by Gasteiger charge is -2.06. The zero-order chi connectivity index (χ0) is 13.9. The molecule has 1 aromatic heterocycles. The van der Waals surface area contributed by atoms with E-state index in [1.54, 1.807) is 18.5 Å². The molecule has 0 spiro atoms. The predicted octanol–water partition coefficient (Wildman–Crippen LogP) is 2.48. The molecule has 1 aromatic carbocycles. The lowest BCUT2D eigenvalue weighted by molar-refractivity contribution is -0.113. The minimum Gasteiger partial charge on any atom is -0.325 e. The van der Waals surface area contributed by atoms with Crippen LogP contribution in [-0.4, -0.2) is 26.4 Å². The van der Waals surface area contributed by atoms with Crippen molar-refractivity contribution in [3.05, 3.63) is 36.4 Å². The molecule has 0 unspecified atom stereocenters. The highest BCUT2D eigenvalue weighted by molar-refractivity contribution is 7.99. The molecule has 1 aliphatic rings. The second-order valence-electron chi connectivity index (χ2n) is 4.60. The number of amides is 1. The first-order valence-corrected chi connectivity index (χ1v) is 7.28. The standard InChI is InChI=1S/C13H13FN4OS/c14-9-2-1-3-10(6-9)16-12(19)7-20-13-17-15-8-18(13)11-4-5-11/h1-3,6,8,11H,4-5,7H2,(H,16,19). The molecule has 1 heterocycles. The van der Waals surface area contributed by atoms with Gasteiger partial charge in [0.05, 0.1) is 5.75 Å². The molecule has 0 radical (unpaired) electrons. The first-order valence-electron chi connectivity index (χ1n) is 6.30. The van der Waals surface area contributed by atoms with Gasteiger partial charge in [0.2, 0.25) is 5.91 Å². The number of benzene rings is 1. The largest absolute Gasteiger partial charge is 0.325 e. The van der Waals surface area contributed by atoms with Gasteiger partial charge in [-0.3, -0.25) is 4.79 Å². The Kier molecular flexibility index (Phi) is 3.68. The first kappa shape index (κ1) is 13.1. The van der Waals surface area contributed by atoms with Crippen LogP contribution >= 0.6 is 11.8 Å². The van der Waals surface area contributed by atoms with Gasteiger partial charge in [-0.1, -0.05) is 17.8 Å². The molecule has 5 nitrogen and oxygen atoms in total. The van der Waals surface area contributed by atoms with Gasteiger partial charge in [0.15, 0.2) is 5.16 Å². The van der Waals surface area contributed by atoms with Crippen LogP contribution in [0.25, 0.3) is 0 Å². The lowest BCUT2D eigenvalue weighted by Crippen LogP contribution is -2.14. The van der Waals surface area contributed by atoms with Crippen molar-refractivity contribution in [3.63, 3.8) is 0 Å². The molecule has 0 atom stereocenters. The maximum absolute atomic E-state index is 13.0. The lowest BCUT2D eigenvalue weighted by atomic mass is 10.3. The monoisotopic (exact) mass is 292 g/mol. The third kappa shape index (κ3) is 3.16. The molecule has 2 aromatic rings. The van der Waals surface area contributed by atoms with Crippen molar-refractivity contribution in [2.24, 2.45) is 0 Å². The molecule has 1 N–H and O–H groups in total. The highest BCUT2D eigenvalue weighted by atomic mass is 32.2. The van der Waals surface area contributed by atoms with Gasteiger partial charge in [-0.2, -0.15) is 0 Å². The summed E-state index contributed by atoms with van der Waals surface area (Å²) in [5.74, 6) is -0.336. The van der Waals surface area contributed by atoms with Crippen molar-refractivity contribution in [1.82, 2.24) is 14.8 Å². The first-order chi connectivity index (χ1) is 9.72. The molecule has 0 bridgehead atoms. The van der Waals surface area contributed by atoms with Gasteiger partial charge >= 0.3 is 0 Å². The highest BCUT2D eigenvalue weighted by Gasteiger charge is 2.26. The smallest absolute Gasteiger partial charge is 0.234 e. The molecular formula is C13H13FN4OS. The summed E-state index contributed by atoms with van der Waals surface area (Å²) in [4.78, 5) is 11.8. The zero-order valence-corrected chi connectivity index (χ0v) is 11.4. The number of anilines is 1. The molecule has 1 fully saturated rings. The fourth-order valence-electron chi connectivity index (χ4n) is 1.83. The minimum absolute atomic E-state index is 0.189. The van der Waals surface area contributed by atoms with E-state index in [-0.39, 0.29) is 17.5 Å². The van der Waals surface area contributed by atoms with Crippen molar-refractivity contribution < 1.29 is 9.18 Å². The molecular weight excluding hydrogens is 279 g/mol. The molecule has 1 aliphatic carbocycles. The number of carbonyl (C=O) groups excluding carboxylic acids is 1. The maximum Gasteiger partial charge on any atom is 0.234 e. The maximum atomic E-state index is 13.0. The summed E-state index contributed by atoms with van der Waals surface area (Å²) >= 11 is 1.34. The van der Waals surface area contributed by atoms with E-state index in [4.69, 9.17) is 0 Å². The van der Waals surface area contributed by atoms with Crippen molar-refractivity contribution in [2.45, 2.75) is 24.0 Å². The molecule has 104 valence electrons. The summed E-state index contributed by atoms with van der Waals surface area (Å²) in [6.45, 7) is 0. The van der Waals surface area contributed by atoms with E-state index in [1.807, 2.05) is 4.57 Å². The third-order valence-corrected chi connectivity index (χ3v) is 3.88. The number of carbonyl (C=O) groups is 1. The van der Waals surface area contributed by atoms with E-state index < -0.39 is 0 Å². The van der Waals surface area contributed by atoms with Crippen LogP contribution in [0.1, 0.15) is 18.9 Å². The Labute approximate surface area is 119 Å². The highest BCUT2D eigenvalue weighted by Crippen LogP contribution is 2.37. The molecule has 1 saturated carbocycles. The third-order valence-electron chi connectivity index (χ3n) is 2.92. The van der Waals surface area contributed by atoms with Gasteiger partial charge in [0, 0.05) is 11.7 Å². The number of hydrogen-bond acceptors (Lipinski definition) is 4. The Morgan fingerprint density at radius 1 is 1.50 bits per heavy atom. The van der Waals surface area contributed by atoms with Gasteiger partial charge in [-0.15, -0.1) is 10.2 Å². The number of thioether (sulfide) groups is 1. The second-order valence-corrected chi connectivity index (χ2v) is 5.54. The Balaban J connectivity index is 1.55. The molecule has 20 heavy (non-hydrogen) atoms. The fourth-order valence-corrected chi connectivity index (χ4v) is 2.61. The quantitative estimate of drug-likeness (QED) is 0.860. The topological polar surface area (TPSA) is 59.8 Å². The van der Waals surface area contributed by atoms with Gasteiger partial charge < -0.3 is 9.88 Å². The number of nitrogens with zero attached hydrogens (tertiary/aromatic N) is 3. The van der Waals surface area contributed by atoms with Crippen LogP contribution in [0.5, 0.6) is 0 Å². The van der Waals surface area contributed by atoms with Crippen LogP contribution in [-0.2, 0) is 4.79 Å². The molecule has 1 amide bonds.